The number of carbonyl (C=O) groups excluding carboxylic acids is 1. The van der Waals surface area contributed by atoms with Gasteiger partial charge in [-0.25, -0.2) is 12.8 Å². The second kappa shape index (κ2) is 6.57. The van der Waals surface area contributed by atoms with Gasteiger partial charge in [0.15, 0.2) is 15.7 Å². The first-order chi connectivity index (χ1) is 11.8. The van der Waals surface area contributed by atoms with Gasteiger partial charge in [-0.15, -0.1) is 0 Å². The van der Waals surface area contributed by atoms with Crippen molar-refractivity contribution in [2.75, 3.05) is 17.7 Å². The number of piperidine rings is 1. The van der Waals surface area contributed by atoms with Gasteiger partial charge in [0.05, 0.1) is 11.7 Å². The average molecular weight is 362 g/mol. The molecule has 132 valence electrons. The smallest absolute Gasteiger partial charge is 0.243 e. The van der Waals surface area contributed by atoms with Gasteiger partial charge in [0.25, 0.3) is 0 Å². The molecule has 0 spiro atoms. The molecule has 1 amide bonds. The van der Waals surface area contributed by atoms with Crippen molar-refractivity contribution in [3.63, 3.8) is 0 Å². The van der Waals surface area contributed by atoms with E-state index in [1.807, 2.05) is 0 Å². The van der Waals surface area contributed by atoms with Gasteiger partial charge in [-0.05, 0) is 24.5 Å². The van der Waals surface area contributed by atoms with Crippen LogP contribution in [0.5, 0.6) is 0 Å². The maximum atomic E-state index is 15.2. The summed E-state index contributed by atoms with van der Waals surface area (Å²) in [4.78, 5) is 13.1. The molecule has 1 aliphatic heterocycles. The standard InChI is InChI=1S/C18H19FN2O3S/c1-25(23,24)17-13(12-6-3-2-4-7-12)9-10-15(16(17)19)21-11-5-8-14(20)18(21)22/h2-4,6-7,9-10,14H,5,8,11,20H2,1H3. The van der Waals surface area contributed by atoms with Gasteiger partial charge in [0, 0.05) is 18.4 Å². The van der Waals surface area contributed by atoms with E-state index in [9.17, 15) is 13.2 Å². The number of hydrogen-bond donors (Lipinski definition) is 1. The maximum absolute atomic E-state index is 15.2. The number of carbonyl (C=O) groups is 1. The lowest BCUT2D eigenvalue weighted by molar-refractivity contribution is -0.120. The molecule has 0 aliphatic carbocycles. The zero-order chi connectivity index (χ0) is 18.2. The fourth-order valence-corrected chi connectivity index (χ4v) is 4.12. The molecule has 7 heteroatoms. The lowest BCUT2D eigenvalue weighted by atomic mass is 10.0. The summed E-state index contributed by atoms with van der Waals surface area (Å²) >= 11 is 0. The lowest BCUT2D eigenvalue weighted by Gasteiger charge is -2.31. The van der Waals surface area contributed by atoms with Crippen molar-refractivity contribution >= 4 is 21.4 Å². The zero-order valence-corrected chi connectivity index (χ0v) is 14.6. The van der Waals surface area contributed by atoms with E-state index >= 15 is 4.39 Å². The molecular weight excluding hydrogens is 343 g/mol. The fraction of sp³-hybridized carbons (Fsp3) is 0.278. The van der Waals surface area contributed by atoms with Crippen LogP contribution in [-0.4, -0.2) is 33.2 Å². The molecule has 5 nitrogen and oxygen atoms in total. The van der Waals surface area contributed by atoms with Crippen LogP contribution in [0.3, 0.4) is 0 Å². The Hall–Kier alpha value is -2.25. The summed E-state index contributed by atoms with van der Waals surface area (Å²) in [5, 5.41) is 0. The van der Waals surface area contributed by atoms with Crippen molar-refractivity contribution < 1.29 is 17.6 Å². The number of rotatable bonds is 3. The van der Waals surface area contributed by atoms with Crippen molar-refractivity contribution in [3.8, 4) is 11.1 Å². The van der Waals surface area contributed by atoms with Gasteiger partial charge in [0.1, 0.15) is 4.90 Å². The Morgan fingerprint density at radius 1 is 1.16 bits per heavy atom. The third kappa shape index (κ3) is 3.29. The summed E-state index contributed by atoms with van der Waals surface area (Å²) in [5.41, 5.74) is 6.60. The number of benzene rings is 2. The molecule has 0 radical (unpaired) electrons. The van der Waals surface area contributed by atoms with Crippen LogP contribution >= 0.6 is 0 Å². The van der Waals surface area contributed by atoms with Gasteiger partial charge >= 0.3 is 0 Å². The van der Waals surface area contributed by atoms with Gasteiger partial charge < -0.3 is 10.6 Å². The normalized spacial score (nSPS) is 18.4. The van der Waals surface area contributed by atoms with Crippen LogP contribution in [0.2, 0.25) is 0 Å². The highest BCUT2D eigenvalue weighted by molar-refractivity contribution is 7.90. The summed E-state index contributed by atoms with van der Waals surface area (Å²) in [5.74, 6) is -1.30. The van der Waals surface area contributed by atoms with E-state index < -0.39 is 32.5 Å². The number of sulfone groups is 1. The minimum Gasteiger partial charge on any atom is -0.320 e. The summed E-state index contributed by atoms with van der Waals surface area (Å²) in [6.07, 6.45) is 2.14. The highest BCUT2D eigenvalue weighted by atomic mass is 32.2. The first-order valence-electron chi connectivity index (χ1n) is 7.95. The first kappa shape index (κ1) is 17.6. The van der Waals surface area contributed by atoms with E-state index in [0.29, 0.717) is 24.9 Å². The minimum atomic E-state index is -3.85. The Morgan fingerprint density at radius 3 is 2.48 bits per heavy atom. The van der Waals surface area contributed by atoms with Crippen molar-refractivity contribution in [1.29, 1.82) is 0 Å². The topological polar surface area (TPSA) is 80.5 Å². The summed E-state index contributed by atoms with van der Waals surface area (Å²) in [6, 6.07) is 11.0. The molecule has 1 unspecified atom stereocenters. The second-order valence-electron chi connectivity index (χ2n) is 6.15. The molecule has 1 saturated heterocycles. The number of nitrogens with two attached hydrogens (primary N) is 1. The third-order valence-electron chi connectivity index (χ3n) is 4.30. The van der Waals surface area contributed by atoms with Crippen molar-refractivity contribution in [2.45, 2.75) is 23.8 Å². The van der Waals surface area contributed by atoms with Gasteiger partial charge in [-0.2, -0.15) is 0 Å². The Labute approximate surface area is 146 Å². The van der Waals surface area contributed by atoms with Crippen LogP contribution in [0, 0.1) is 5.82 Å². The first-order valence-corrected chi connectivity index (χ1v) is 9.85. The van der Waals surface area contributed by atoms with Crippen LogP contribution in [0.1, 0.15) is 12.8 Å². The third-order valence-corrected chi connectivity index (χ3v) is 5.44. The van der Waals surface area contributed by atoms with Gasteiger partial charge in [0.2, 0.25) is 5.91 Å². The molecule has 2 aromatic carbocycles. The average Bonchev–Trinajstić information content (AvgIpc) is 2.57. The minimum absolute atomic E-state index is 0.0414. The van der Waals surface area contributed by atoms with Crippen molar-refractivity contribution in [2.24, 2.45) is 5.73 Å². The van der Waals surface area contributed by atoms with E-state index in [2.05, 4.69) is 0 Å². The highest BCUT2D eigenvalue weighted by Gasteiger charge is 2.31. The molecule has 0 saturated carbocycles. The number of nitrogens with zero attached hydrogens (tertiary/aromatic N) is 1. The van der Waals surface area contributed by atoms with Gasteiger partial charge in [-0.3, -0.25) is 4.79 Å². The van der Waals surface area contributed by atoms with Crippen LogP contribution in [0.4, 0.5) is 10.1 Å². The fourth-order valence-electron chi connectivity index (χ4n) is 3.10. The molecule has 0 aromatic heterocycles. The number of anilines is 1. The quantitative estimate of drug-likeness (QED) is 0.909. The molecule has 1 aliphatic rings. The Kier molecular flexibility index (Phi) is 4.62. The summed E-state index contributed by atoms with van der Waals surface area (Å²) in [7, 11) is -3.85. The van der Waals surface area contributed by atoms with E-state index in [-0.39, 0.29) is 11.3 Å². The number of amides is 1. The SMILES string of the molecule is CS(=O)(=O)c1c(-c2ccccc2)ccc(N2CCCC(N)C2=O)c1F. The Balaban J connectivity index is 2.20. The van der Waals surface area contributed by atoms with Crippen LogP contribution in [0.25, 0.3) is 11.1 Å². The van der Waals surface area contributed by atoms with Crippen LogP contribution in [-0.2, 0) is 14.6 Å². The highest BCUT2D eigenvalue weighted by Crippen LogP contribution is 2.35. The summed E-state index contributed by atoms with van der Waals surface area (Å²) in [6.45, 7) is 0.317. The summed E-state index contributed by atoms with van der Waals surface area (Å²) < 4.78 is 39.7. The van der Waals surface area contributed by atoms with Gasteiger partial charge in [-0.1, -0.05) is 36.4 Å². The van der Waals surface area contributed by atoms with E-state index in [4.69, 9.17) is 5.73 Å². The molecule has 1 heterocycles. The van der Waals surface area contributed by atoms with Crippen LogP contribution < -0.4 is 10.6 Å². The van der Waals surface area contributed by atoms with E-state index in [1.54, 1.807) is 30.3 Å². The number of hydrogen-bond acceptors (Lipinski definition) is 4. The predicted octanol–water partition coefficient (Wildman–Crippen LogP) is 2.35. The lowest BCUT2D eigenvalue weighted by Crippen LogP contribution is -2.48. The molecule has 1 fully saturated rings. The molecule has 1 atom stereocenters. The molecule has 3 rings (SSSR count). The Bertz CT molecular complexity index is 913. The molecule has 0 bridgehead atoms. The van der Waals surface area contributed by atoms with Crippen molar-refractivity contribution in [3.05, 3.63) is 48.3 Å². The largest absolute Gasteiger partial charge is 0.320 e. The monoisotopic (exact) mass is 362 g/mol. The van der Waals surface area contributed by atoms with Crippen LogP contribution in [0.15, 0.2) is 47.4 Å². The molecular formula is C18H19FN2O3S. The molecule has 25 heavy (non-hydrogen) atoms. The molecule has 2 aromatic rings. The molecule has 2 N–H and O–H groups in total. The maximum Gasteiger partial charge on any atom is 0.243 e. The second-order valence-corrected chi connectivity index (χ2v) is 8.10. The van der Waals surface area contributed by atoms with E-state index in [0.717, 1.165) is 6.26 Å². The number of halogens is 1. The van der Waals surface area contributed by atoms with Crippen molar-refractivity contribution in [1.82, 2.24) is 0 Å². The van der Waals surface area contributed by atoms with E-state index in [1.165, 1.54) is 17.0 Å². The predicted molar refractivity (Wildman–Crippen MR) is 94.5 cm³/mol. The Morgan fingerprint density at radius 2 is 1.84 bits per heavy atom. The zero-order valence-electron chi connectivity index (χ0n) is 13.8.